The minimum Gasteiger partial charge on any atom is -0.370 e. The van der Waals surface area contributed by atoms with E-state index in [9.17, 15) is 0 Å². The van der Waals surface area contributed by atoms with E-state index in [2.05, 4.69) is 22.4 Å². The molecule has 0 amide bonds. The van der Waals surface area contributed by atoms with Crippen molar-refractivity contribution in [3.63, 3.8) is 0 Å². The molecular weight excluding hydrogens is 303 g/mol. The summed E-state index contributed by atoms with van der Waals surface area (Å²) in [7, 11) is 0. The Labute approximate surface area is 133 Å². The van der Waals surface area contributed by atoms with Crippen LogP contribution in [0.5, 0.6) is 0 Å². The molecule has 4 heteroatoms. The largest absolute Gasteiger partial charge is 0.370 e. The molecule has 0 aliphatic heterocycles. The molecule has 3 rings (SSSR count). The van der Waals surface area contributed by atoms with E-state index >= 15 is 0 Å². The first-order chi connectivity index (χ1) is 10.2. The Hall–Kier alpha value is -1.77. The van der Waals surface area contributed by atoms with Crippen molar-refractivity contribution in [1.29, 1.82) is 0 Å². The first-order valence-corrected chi connectivity index (χ1v) is 7.51. The lowest BCUT2D eigenvalue weighted by Gasteiger charge is -2.08. The van der Waals surface area contributed by atoms with Crippen molar-refractivity contribution < 1.29 is 0 Å². The summed E-state index contributed by atoms with van der Waals surface area (Å²) < 4.78 is 0. The predicted molar refractivity (Wildman–Crippen MR) is 90.4 cm³/mol. The number of para-hydroxylation sites is 1. The molecule has 0 aliphatic carbocycles. The van der Waals surface area contributed by atoms with Crippen molar-refractivity contribution in [2.45, 2.75) is 6.42 Å². The molecule has 1 aromatic heterocycles. The Balaban J connectivity index is 1.66. The lowest BCUT2D eigenvalue weighted by molar-refractivity contribution is 1.01. The summed E-state index contributed by atoms with van der Waals surface area (Å²) in [6.07, 6.45) is 0.824. The zero-order chi connectivity index (χ0) is 14.7. The van der Waals surface area contributed by atoms with Crippen LogP contribution >= 0.6 is 23.2 Å². The normalized spacial score (nSPS) is 10.8. The molecule has 2 aromatic carbocycles. The van der Waals surface area contributed by atoms with Crippen molar-refractivity contribution in [2.75, 3.05) is 11.9 Å². The number of hydrogen-bond acceptors (Lipinski definition) is 2. The average molecular weight is 317 g/mol. The maximum Gasteiger partial charge on any atom is 0.126 e. The number of benzene rings is 2. The topological polar surface area (TPSA) is 24.9 Å². The van der Waals surface area contributed by atoms with E-state index in [1.165, 1.54) is 0 Å². The summed E-state index contributed by atoms with van der Waals surface area (Å²) in [4.78, 5) is 4.58. The molecule has 106 valence electrons. The molecule has 2 nitrogen and oxygen atoms in total. The highest BCUT2D eigenvalue weighted by Crippen LogP contribution is 2.21. The highest BCUT2D eigenvalue weighted by atomic mass is 35.5. The maximum atomic E-state index is 6.16. The maximum absolute atomic E-state index is 6.16. The number of aromatic nitrogens is 1. The number of anilines is 1. The van der Waals surface area contributed by atoms with Crippen LogP contribution in [0.4, 0.5) is 5.82 Å². The van der Waals surface area contributed by atoms with E-state index in [1.54, 1.807) is 6.07 Å². The van der Waals surface area contributed by atoms with Crippen LogP contribution in [0.3, 0.4) is 0 Å². The van der Waals surface area contributed by atoms with E-state index in [1.807, 2.05) is 36.4 Å². The van der Waals surface area contributed by atoms with Crippen molar-refractivity contribution >= 4 is 39.9 Å². The molecule has 21 heavy (non-hydrogen) atoms. The number of halogens is 2. The minimum atomic E-state index is 0.660. The van der Waals surface area contributed by atoms with Gasteiger partial charge in [0.1, 0.15) is 5.82 Å². The second-order valence-corrected chi connectivity index (χ2v) is 5.65. The Morgan fingerprint density at radius 2 is 1.81 bits per heavy atom. The molecular formula is C17H14Cl2N2. The third kappa shape index (κ3) is 3.46. The predicted octanol–water partition coefficient (Wildman–Crippen LogP) is 5.20. The first kappa shape index (κ1) is 14.2. The first-order valence-electron chi connectivity index (χ1n) is 6.76. The quantitative estimate of drug-likeness (QED) is 0.716. The van der Waals surface area contributed by atoms with Crippen molar-refractivity contribution in [1.82, 2.24) is 4.98 Å². The Bertz CT molecular complexity index is 772. The van der Waals surface area contributed by atoms with E-state index in [-0.39, 0.29) is 0 Å². The SMILES string of the molecule is Clc1ccc(CCNc2ccc3ccccc3n2)c(Cl)c1. The van der Waals surface area contributed by atoms with E-state index in [0.29, 0.717) is 10.0 Å². The van der Waals surface area contributed by atoms with Gasteiger partial charge < -0.3 is 5.32 Å². The third-order valence-corrected chi connectivity index (χ3v) is 3.90. The fourth-order valence-electron chi connectivity index (χ4n) is 2.21. The number of fused-ring (bicyclic) bond motifs is 1. The number of hydrogen-bond donors (Lipinski definition) is 1. The number of pyridine rings is 1. The van der Waals surface area contributed by atoms with Gasteiger partial charge in [0, 0.05) is 22.0 Å². The average Bonchev–Trinajstić information content (AvgIpc) is 2.49. The van der Waals surface area contributed by atoms with E-state index < -0.39 is 0 Å². The Morgan fingerprint density at radius 3 is 2.67 bits per heavy atom. The summed E-state index contributed by atoms with van der Waals surface area (Å²) in [5, 5.41) is 5.83. The minimum absolute atomic E-state index is 0.660. The fraction of sp³-hybridized carbons (Fsp3) is 0.118. The van der Waals surface area contributed by atoms with Crippen LogP contribution in [0.1, 0.15) is 5.56 Å². The zero-order valence-corrected chi connectivity index (χ0v) is 12.8. The molecule has 1 N–H and O–H groups in total. The van der Waals surface area contributed by atoms with Crippen LogP contribution in [-0.2, 0) is 6.42 Å². The molecule has 0 bridgehead atoms. The van der Waals surface area contributed by atoms with Gasteiger partial charge >= 0.3 is 0 Å². The Kier molecular flexibility index (Phi) is 4.28. The summed E-state index contributed by atoms with van der Waals surface area (Å²) in [5.41, 5.74) is 2.07. The van der Waals surface area contributed by atoms with Crippen LogP contribution in [-0.4, -0.2) is 11.5 Å². The van der Waals surface area contributed by atoms with Crippen LogP contribution in [0.15, 0.2) is 54.6 Å². The summed E-state index contributed by atoms with van der Waals surface area (Å²) in [6, 6.07) is 17.7. The standard InChI is InChI=1S/C17H14Cl2N2/c18-14-7-5-12(15(19)11-14)9-10-20-17-8-6-13-3-1-2-4-16(13)21-17/h1-8,11H,9-10H2,(H,20,21). The molecule has 0 spiro atoms. The smallest absolute Gasteiger partial charge is 0.126 e. The molecule has 3 aromatic rings. The highest BCUT2D eigenvalue weighted by Gasteiger charge is 2.02. The molecule has 1 heterocycles. The van der Waals surface area contributed by atoms with Gasteiger partial charge in [-0.15, -0.1) is 0 Å². The summed E-state index contributed by atoms with van der Waals surface area (Å²) in [6.45, 7) is 0.771. The van der Waals surface area contributed by atoms with E-state index in [0.717, 1.165) is 35.2 Å². The van der Waals surface area contributed by atoms with Gasteiger partial charge in [-0.05, 0) is 42.3 Å². The van der Waals surface area contributed by atoms with Gasteiger partial charge in [0.05, 0.1) is 5.52 Å². The van der Waals surface area contributed by atoms with Gasteiger partial charge in [-0.2, -0.15) is 0 Å². The van der Waals surface area contributed by atoms with Crippen LogP contribution in [0.2, 0.25) is 10.0 Å². The van der Waals surface area contributed by atoms with Crippen molar-refractivity contribution in [3.05, 3.63) is 70.2 Å². The fourth-order valence-corrected chi connectivity index (χ4v) is 2.72. The van der Waals surface area contributed by atoms with Gasteiger partial charge in [-0.25, -0.2) is 4.98 Å². The summed E-state index contributed by atoms with van der Waals surface area (Å²) >= 11 is 12.1. The molecule has 0 saturated carbocycles. The molecule has 0 fully saturated rings. The van der Waals surface area contributed by atoms with Crippen molar-refractivity contribution in [3.8, 4) is 0 Å². The van der Waals surface area contributed by atoms with Gasteiger partial charge in [-0.1, -0.05) is 47.5 Å². The van der Waals surface area contributed by atoms with Gasteiger partial charge in [-0.3, -0.25) is 0 Å². The Morgan fingerprint density at radius 1 is 0.952 bits per heavy atom. The van der Waals surface area contributed by atoms with Gasteiger partial charge in [0.25, 0.3) is 0 Å². The van der Waals surface area contributed by atoms with Gasteiger partial charge in [0.15, 0.2) is 0 Å². The van der Waals surface area contributed by atoms with Crippen LogP contribution < -0.4 is 5.32 Å². The van der Waals surface area contributed by atoms with Crippen LogP contribution in [0.25, 0.3) is 10.9 Å². The second kappa shape index (κ2) is 6.33. The lowest BCUT2D eigenvalue weighted by atomic mass is 10.1. The zero-order valence-electron chi connectivity index (χ0n) is 11.3. The van der Waals surface area contributed by atoms with Crippen molar-refractivity contribution in [2.24, 2.45) is 0 Å². The monoisotopic (exact) mass is 316 g/mol. The molecule has 0 atom stereocenters. The molecule has 0 saturated heterocycles. The second-order valence-electron chi connectivity index (χ2n) is 4.80. The van der Waals surface area contributed by atoms with Crippen LogP contribution in [0, 0.1) is 0 Å². The van der Waals surface area contributed by atoms with E-state index in [4.69, 9.17) is 23.2 Å². The molecule has 0 unspecified atom stereocenters. The number of rotatable bonds is 4. The highest BCUT2D eigenvalue weighted by molar-refractivity contribution is 6.35. The molecule has 0 aliphatic rings. The molecule has 0 radical (unpaired) electrons. The number of nitrogens with one attached hydrogen (secondary N) is 1. The third-order valence-electron chi connectivity index (χ3n) is 3.31. The van der Waals surface area contributed by atoms with Gasteiger partial charge in [0.2, 0.25) is 0 Å². The number of nitrogens with zero attached hydrogens (tertiary/aromatic N) is 1. The lowest BCUT2D eigenvalue weighted by Crippen LogP contribution is -2.06. The summed E-state index contributed by atoms with van der Waals surface area (Å²) in [5.74, 6) is 0.874.